The van der Waals surface area contributed by atoms with E-state index in [2.05, 4.69) is 19.0 Å². The van der Waals surface area contributed by atoms with Gasteiger partial charge in [-0.15, -0.1) is 0 Å². The molecule has 9 heteroatoms. The minimum atomic E-state index is -1.26. The standard InChI is InChI=1S/C21H34N2O2S.C4H4O4/c1-20-7-5-13(26-10-9-22)11-17(20)18(23-25)12-14-15-3-4-19(24)21(15,2)8-6-16(14)20;5-3(6)1-2-4(7)8/h13-17,25H,3-12,22H2,1-2H3;1-2H,(H,5,6)(H,7,8)/b23-18+;2-1+/t13-,14+,15+,16+,17?,20-,21+;/m1./s1. The van der Waals surface area contributed by atoms with E-state index in [4.69, 9.17) is 15.9 Å². The van der Waals surface area contributed by atoms with Gasteiger partial charge in [-0.1, -0.05) is 19.0 Å². The van der Waals surface area contributed by atoms with Gasteiger partial charge in [0.05, 0.1) is 5.71 Å². The van der Waals surface area contributed by atoms with Gasteiger partial charge < -0.3 is 21.2 Å². The van der Waals surface area contributed by atoms with Gasteiger partial charge in [0, 0.05) is 47.5 Å². The Labute approximate surface area is 205 Å². The molecule has 4 aliphatic carbocycles. The highest BCUT2D eigenvalue weighted by atomic mass is 32.2. The van der Waals surface area contributed by atoms with Crippen molar-refractivity contribution in [3.63, 3.8) is 0 Å². The first-order valence-corrected chi connectivity index (χ1v) is 13.3. The summed E-state index contributed by atoms with van der Waals surface area (Å²) in [5.41, 5.74) is 6.85. The molecule has 0 saturated heterocycles. The second kappa shape index (κ2) is 10.8. The number of aliphatic carboxylic acids is 2. The van der Waals surface area contributed by atoms with E-state index >= 15 is 0 Å². The van der Waals surface area contributed by atoms with Crippen LogP contribution in [-0.2, 0) is 14.4 Å². The van der Waals surface area contributed by atoms with Gasteiger partial charge in [-0.3, -0.25) is 4.79 Å². The first-order chi connectivity index (χ1) is 16.1. The van der Waals surface area contributed by atoms with Crippen molar-refractivity contribution in [1.29, 1.82) is 0 Å². The molecule has 5 N–H and O–H groups in total. The summed E-state index contributed by atoms with van der Waals surface area (Å²) in [5, 5.41) is 30.0. The fraction of sp³-hybridized carbons (Fsp3) is 0.760. The second-order valence-electron chi connectivity index (χ2n) is 10.7. The van der Waals surface area contributed by atoms with Crippen molar-refractivity contribution in [2.75, 3.05) is 12.3 Å². The van der Waals surface area contributed by atoms with Crippen LogP contribution in [0.2, 0.25) is 0 Å². The maximum Gasteiger partial charge on any atom is 0.328 e. The summed E-state index contributed by atoms with van der Waals surface area (Å²) in [4.78, 5) is 31.7. The van der Waals surface area contributed by atoms with E-state index in [1.807, 2.05) is 11.8 Å². The number of carbonyl (C=O) groups excluding carboxylic acids is 1. The zero-order valence-corrected chi connectivity index (χ0v) is 20.9. The summed E-state index contributed by atoms with van der Waals surface area (Å²) in [7, 11) is 0. The highest BCUT2D eigenvalue weighted by Crippen LogP contribution is 2.65. The summed E-state index contributed by atoms with van der Waals surface area (Å²) in [6, 6.07) is 0. The predicted octanol–water partition coefficient (Wildman–Crippen LogP) is 3.81. The minimum absolute atomic E-state index is 0.112. The van der Waals surface area contributed by atoms with Crippen LogP contribution >= 0.6 is 11.8 Å². The molecule has 34 heavy (non-hydrogen) atoms. The molecule has 1 unspecified atom stereocenters. The molecule has 0 aromatic rings. The van der Waals surface area contributed by atoms with Crippen molar-refractivity contribution >= 4 is 35.2 Å². The van der Waals surface area contributed by atoms with Crippen LogP contribution in [0.25, 0.3) is 0 Å². The van der Waals surface area contributed by atoms with Gasteiger partial charge in [0.15, 0.2) is 0 Å². The molecule has 0 aromatic carbocycles. The van der Waals surface area contributed by atoms with Crippen molar-refractivity contribution in [3.05, 3.63) is 12.2 Å². The topological polar surface area (TPSA) is 150 Å². The molecule has 190 valence electrons. The molecule has 4 aliphatic rings. The number of carboxylic acid groups (broad SMARTS) is 2. The minimum Gasteiger partial charge on any atom is -0.478 e. The molecule has 8 nitrogen and oxygen atoms in total. The summed E-state index contributed by atoms with van der Waals surface area (Å²) in [6.07, 6.45) is 9.67. The molecule has 0 heterocycles. The smallest absolute Gasteiger partial charge is 0.328 e. The van der Waals surface area contributed by atoms with Crippen LogP contribution in [0.15, 0.2) is 17.3 Å². The Morgan fingerprint density at radius 1 is 1.12 bits per heavy atom. The number of rotatable bonds is 5. The summed E-state index contributed by atoms with van der Waals surface area (Å²) in [5.74, 6) is 1.10. The number of carbonyl (C=O) groups is 3. The van der Waals surface area contributed by atoms with E-state index in [9.17, 15) is 19.6 Å². The molecular weight excluding hydrogens is 456 g/mol. The van der Waals surface area contributed by atoms with Gasteiger partial charge in [0.1, 0.15) is 5.78 Å². The molecule has 4 saturated carbocycles. The third-order valence-corrected chi connectivity index (χ3v) is 10.5. The number of hydrogen-bond donors (Lipinski definition) is 4. The Morgan fingerprint density at radius 2 is 1.79 bits per heavy atom. The Morgan fingerprint density at radius 3 is 2.38 bits per heavy atom. The molecular formula is C25H38N2O6S. The number of Topliss-reactive ketones (excluding diaryl/α,β-unsaturated/α-hetero) is 1. The first kappa shape index (κ1) is 26.7. The summed E-state index contributed by atoms with van der Waals surface area (Å²) >= 11 is 2.00. The number of hydrogen-bond acceptors (Lipinski definition) is 7. The molecule has 0 bridgehead atoms. The van der Waals surface area contributed by atoms with Crippen LogP contribution in [0, 0.1) is 34.5 Å². The van der Waals surface area contributed by atoms with Crippen molar-refractivity contribution in [2.45, 2.75) is 70.5 Å². The fourth-order valence-electron chi connectivity index (χ4n) is 7.44. The molecule has 7 atom stereocenters. The lowest BCUT2D eigenvalue weighted by atomic mass is 9.45. The lowest BCUT2D eigenvalue weighted by Gasteiger charge is -2.60. The van der Waals surface area contributed by atoms with Crippen LogP contribution in [0.5, 0.6) is 0 Å². The van der Waals surface area contributed by atoms with Gasteiger partial charge in [-0.25, -0.2) is 9.59 Å². The Bertz CT molecular complexity index is 844. The number of fused-ring (bicyclic) bond motifs is 5. The highest BCUT2D eigenvalue weighted by Gasteiger charge is 2.61. The van der Waals surface area contributed by atoms with Crippen LogP contribution in [0.1, 0.15) is 65.2 Å². The van der Waals surface area contributed by atoms with E-state index in [1.165, 1.54) is 19.3 Å². The number of thioether (sulfide) groups is 1. The largest absolute Gasteiger partial charge is 0.478 e. The van der Waals surface area contributed by atoms with Crippen molar-refractivity contribution < 1.29 is 29.8 Å². The molecule has 0 amide bonds. The predicted molar refractivity (Wildman–Crippen MR) is 131 cm³/mol. The van der Waals surface area contributed by atoms with E-state index in [0.717, 1.165) is 50.1 Å². The van der Waals surface area contributed by atoms with Crippen molar-refractivity contribution in [3.8, 4) is 0 Å². The number of carboxylic acids is 2. The SMILES string of the molecule is C[C@]12CC[C@@H](SCCN)CC1/C(=N/O)C[C@@H]1[C@@H]2CC[C@]2(C)C(=O)CC[C@@H]12.O=C(O)/C=C/C(=O)O. The molecule has 4 fully saturated rings. The Hall–Kier alpha value is -1.87. The van der Waals surface area contributed by atoms with Gasteiger partial charge in [-0.05, 0) is 68.1 Å². The molecule has 0 aromatic heterocycles. The molecule has 0 radical (unpaired) electrons. The van der Waals surface area contributed by atoms with Gasteiger partial charge >= 0.3 is 11.9 Å². The normalized spacial score (nSPS) is 40.1. The lowest BCUT2D eigenvalue weighted by molar-refractivity contribution is -0.134. The van der Waals surface area contributed by atoms with Gasteiger partial charge in [0.2, 0.25) is 0 Å². The third-order valence-electron chi connectivity index (χ3n) is 9.11. The number of ketones is 1. The van der Waals surface area contributed by atoms with Crippen LogP contribution in [0.4, 0.5) is 0 Å². The third kappa shape index (κ3) is 5.20. The molecule has 4 rings (SSSR count). The Balaban J connectivity index is 0.000000350. The van der Waals surface area contributed by atoms with E-state index in [-0.39, 0.29) is 10.8 Å². The first-order valence-electron chi connectivity index (χ1n) is 12.3. The quantitative estimate of drug-likeness (QED) is 0.256. The zero-order valence-electron chi connectivity index (χ0n) is 20.1. The van der Waals surface area contributed by atoms with Gasteiger partial charge in [-0.2, -0.15) is 11.8 Å². The number of nitrogens with zero attached hydrogens (tertiary/aromatic N) is 1. The average molecular weight is 495 g/mol. The second-order valence-corrected chi connectivity index (χ2v) is 12.1. The number of oxime groups is 1. The Kier molecular flexibility index (Phi) is 8.50. The van der Waals surface area contributed by atoms with Crippen LogP contribution in [-0.4, -0.2) is 56.4 Å². The van der Waals surface area contributed by atoms with Crippen LogP contribution in [0.3, 0.4) is 0 Å². The highest BCUT2D eigenvalue weighted by molar-refractivity contribution is 7.99. The number of nitrogens with two attached hydrogens (primary N) is 1. The van der Waals surface area contributed by atoms with Crippen molar-refractivity contribution in [1.82, 2.24) is 0 Å². The molecule has 0 spiro atoms. The average Bonchev–Trinajstić information content (AvgIpc) is 3.10. The van der Waals surface area contributed by atoms with Crippen molar-refractivity contribution in [2.24, 2.45) is 45.4 Å². The maximum absolute atomic E-state index is 12.6. The molecule has 0 aliphatic heterocycles. The fourth-order valence-corrected chi connectivity index (χ4v) is 8.52. The summed E-state index contributed by atoms with van der Waals surface area (Å²) < 4.78 is 0. The summed E-state index contributed by atoms with van der Waals surface area (Å²) in [6.45, 7) is 5.42. The van der Waals surface area contributed by atoms with E-state index in [0.29, 0.717) is 46.9 Å². The van der Waals surface area contributed by atoms with E-state index in [1.54, 1.807) is 0 Å². The zero-order chi connectivity index (χ0) is 25.1. The van der Waals surface area contributed by atoms with E-state index < -0.39 is 11.9 Å². The van der Waals surface area contributed by atoms with Gasteiger partial charge in [0.25, 0.3) is 0 Å². The lowest BCUT2D eigenvalue weighted by Crippen LogP contribution is -2.56. The van der Waals surface area contributed by atoms with Crippen LogP contribution < -0.4 is 5.73 Å². The maximum atomic E-state index is 12.6. The monoisotopic (exact) mass is 494 g/mol.